The van der Waals surface area contributed by atoms with Gasteiger partial charge in [0.05, 0.1) is 0 Å². The first-order chi connectivity index (χ1) is 15.0. The second-order valence-corrected chi connectivity index (χ2v) is 7.15. The SMILES string of the molecule is CCN(CC)C(=O)c1ccc(NC(=O)COC(=O)c2csc(-c3ncccn3)n2)cc1. The van der Waals surface area contributed by atoms with Crippen LogP contribution in [0.15, 0.2) is 48.1 Å². The molecule has 160 valence electrons. The van der Waals surface area contributed by atoms with Crippen molar-refractivity contribution in [1.82, 2.24) is 19.9 Å². The number of hydrogen-bond acceptors (Lipinski definition) is 8. The van der Waals surface area contributed by atoms with Gasteiger partial charge in [-0.2, -0.15) is 0 Å². The number of amides is 2. The predicted octanol–water partition coefficient (Wildman–Crippen LogP) is 2.88. The molecule has 0 spiro atoms. The molecule has 3 rings (SSSR count). The van der Waals surface area contributed by atoms with Gasteiger partial charge in [0, 0.05) is 42.1 Å². The van der Waals surface area contributed by atoms with Gasteiger partial charge in [-0.05, 0) is 44.2 Å². The third kappa shape index (κ3) is 5.70. The van der Waals surface area contributed by atoms with Crippen LogP contribution in [0.25, 0.3) is 10.8 Å². The Kier molecular flexibility index (Phi) is 7.39. The quantitative estimate of drug-likeness (QED) is 0.537. The number of benzene rings is 1. The Labute approximate surface area is 183 Å². The average Bonchev–Trinajstić information content (AvgIpc) is 3.30. The Morgan fingerprint density at radius 2 is 1.74 bits per heavy atom. The number of hydrogen-bond donors (Lipinski definition) is 1. The summed E-state index contributed by atoms with van der Waals surface area (Å²) in [5, 5.41) is 4.63. The van der Waals surface area contributed by atoms with Gasteiger partial charge in [-0.25, -0.2) is 19.7 Å². The molecule has 1 N–H and O–H groups in total. The molecule has 0 aliphatic heterocycles. The van der Waals surface area contributed by atoms with Gasteiger partial charge in [0.15, 0.2) is 23.1 Å². The van der Waals surface area contributed by atoms with Crippen LogP contribution in [0.2, 0.25) is 0 Å². The summed E-state index contributed by atoms with van der Waals surface area (Å²) < 4.78 is 5.03. The van der Waals surface area contributed by atoms with E-state index in [4.69, 9.17) is 4.74 Å². The Hall–Kier alpha value is -3.66. The molecule has 0 aliphatic rings. The first kappa shape index (κ1) is 22.0. The van der Waals surface area contributed by atoms with Gasteiger partial charge in [0.25, 0.3) is 11.8 Å². The first-order valence-corrected chi connectivity index (χ1v) is 10.5. The molecule has 9 nitrogen and oxygen atoms in total. The summed E-state index contributed by atoms with van der Waals surface area (Å²) in [6.45, 7) is 4.61. The monoisotopic (exact) mass is 439 g/mol. The van der Waals surface area contributed by atoms with Crippen LogP contribution in [0, 0.1) is 0 Å². The number of ether oxygens (including phenoxy) is 1. The van der Waals surface area contributed by atoms with Crippen LogP contribution < -0.4 is 5.32 Å². The first-order valence-electron chi connectivity index (χ1n) is 9.61. The fraction of sp³-hybridized carbons (Fsp3) is 0.238. The molecule has 3 aromatic rings. The highest BCUT2D eigenvalue weighted by atomic mass is 32.1. The number of nitrogens with one attached hydrogen (secondary N) is 1. The van der Waals surface area contributed by atoms with Crippen molar-refractivity contribution in [3.63, 3.8) is 0 Å². The van der Waals surface area contributed by atoms with Crippen molar-refractivity contribution in [1.29, 1.82) is 0 Å². The number of carbonyl (C=O) groups is 3. The molecule has 0 saturated carbocycles. The van der Waals surface area contributed by atoms with Crippen molar-refractivity contribution in [3.8, 4) is 10.8 Å². The van der Waals surface area contributed by atoms with Gasteiger partial charge >= 0.3 is 5.97 Å². The summed E-state index contributed by atoms with van der Waals surface area (Å²) >= 11 is 1.21. The second-order valence-electron chi connectivity index (χ2n) is 6.29. The number of esters is 1. The van der Waals surface area contributed by atoms with Gasteiger partial charge in [-0.1, -0.05) is 0 Å². The molecular formula is C21H21N5O4S. The molecule has 0 saturated heterocycles. The molecule has 0 bridgehead atoms. The summed E-state index contributed by atoms with van der Waals surface area (Å²) in [6.07, 6.45) is 3.16. The number of anilines is 1. The second kappa shape index (κ2) is 10.4. The lowest BCUT2D eigenvalue weighted by atomic mass is 10.2. The Morgan fingerprint density at radius 1 is 1.06 bits per heavy atom. The van der Waals surface area contributed by atoms with Crippen LogP contribution in [0.4, 0.5) is 5.69 Å². The molecule has 2 amide bonds. The van der Waals surface area contributed by atoms with Crippen LogP contribution in [0.1, 0.15) is 34.7 Å². The van der Waals surface area contributed by atoms with Gasteiger partial charge in [0.2, 0.25) is 0 Å². The number of nitrogens with zero attached hydrogens (tertiary/aromatic N) is 4. The van der Waals surface area contributed by atoms with Crippen molar-refractivity contribution in [2.75, 3.05) is 25.0 Å². The van der Waals surface area contributed by atoms with Crippen molar-refractivity contribution in [2.45, 2.75) is 13.8 Å². The zero-order valence-corrected chi connectivity index (χ0v) is 17.9. The molecule has 0 unspecified atom stereocenters. The van der Waals surface area contributed by atoms with Crippen molar-refractivity contribution < 1.29 is 19.1 Å². The highest BCUT2D eigenvalue weighted by molar-refractivity contribution is 7.13. The zero-order valence-electron chi connectivity index (χ0n) is 17.1. The van der Waals surface area contributed by atoms with E-state index in [1.54, 1.807) is 47.6 Å². The third-order valence-electron chi connectivity index (χ3n) is 4.27. The van der Waals surface area contributed by atoms with Crippen molar-refractivity contribution in [3.05, 3.63) is 59.4 Å². The van der Waals surface area contributed by atoms with Crippen LogP contribution in [-0.2, 0) is 9.53 Å². The number of aromatic nitrogens is 3. The maximum atomic E-state index is 12.3. The number of rotatable bonds is 8. The molecule has 1 aromatic carbocycles. The van der Waals surface area contributed by atoms with Gasteiger partial charge < -0.3 is 15.0 Å². The van der Waals surface area contributed by atoms with Gasteiger partial charge in [-0.15, -0.1) is 11.3 Å². The van der Waals surface area contributed by atoms with E-state index in [1.165, 1.54) is 16.7 Å². The minimum absolute atomic E-state index is 0.0691. The van der Waals surface area contributed by atoms with Gasteiger partial charge in [0.1, 0.15) is 0 Å². The molecular weight excluding hydrogens is 418 g/mol. The summed E-state index contributed by atoms with van der Waals surface area (Å²) in [5.41, 5.74) is 1.11. The van der Waals surface area contributed by atoms with E-state index < -0.39 is 18.5 Å². The zero-order chi connectivity index (χ0) is 22.2. The number of thiazole rings is 1. The normalized spacial score (nSPS) is 10.4. The Morgan fingerprint density at radius 3 is 2.39 bits per heavy atom. The molecule has 10 heteroatoms. The van der Waals surface area contributed by atoms with Crippen LogP contribution in [0.5, 0.6) is 0 Å². The summed E-state index contributed by atoms with van der Waals surface area (Å²) in [4.78, 5) is 50.6. The van der Waals surface area contributed by atoms with Gasteiger partial charge in [-0.3, -0.25) is 9.59 Å². The van der Waals surface area contributed by atoms with E-state index in [9.17, 15) is 14.4 Å². The predicted molar refractivity (Wildman–Crippen MR) is 116 cm³/mol. The van der Waals surface area contributed by atoms with Crippen LogP contribution in [-0.4, -0.2) is 57.3 Å². The minimum Gasteiger partial charge on any atom is -0.451 e. The number of carbonyl (C=O) groups excluding carboxylic acids is 3. The highest BCUT2D eigenvalue weighted by Gasteiger charge is 2.16. The lowest BCUT2D eigenvalue weighted by Crippen LogP contribution is -2.30. The molecule has 31 heavy (non-hydrogen) atoms. The summed E-state index contributed by atoms with van der Waals surface area (Å²) in [5.74, 6) is -0.876. The summed E-state index contributed by atoms with van der Waals surface area (Å²) in [6, 6.07) is 8.23. The largest absolute Gasteiger partial charge is 0.451 e. The van der Waals surface area contributed by atoms with Crippen LogP contribution in [0.3, 0.4) is 0 Å². The molecule has 0 radical (unpaired) electrons. The highest BCUT2D eigenvalue weighted by Crippen LogP contribution is 2.20. The van der Waals surface area contributed by atoms with E-state index >= 15 is 0 Å². The average molecular weight is 439 g/mol. The fourth-order valence-electron chi connectivity index (χ4n) is 2.67. The van der Waals surface area contributed by atoms with E-state index in [2.05, 4.69) is 20.3 Å². The van der Waals surface area contributed by atoms with E-state index in [-0.39, 0.29) is 11.6 Å². The lowest BCUT2D eigenvalue weighted by Gasteiger charge is -2.18. The summed E-state index contributed by atoms with van der Waals surface area (Å²) in [7, 11) is 0. The molecule has 0 atom stereocenters. The smallest absolute Gasteiger partial charge is 0.358 e. The molecule has 2 aromatic heterocycles. The maximum absolute atomic E-state index is 12.3. The molecule has 0 fully saturated rings. The lowest BCUT2D eigenvalue weighted by molar-refractivity contribution is -0.119. The minimum atomic E-state index is -0.714. The molecule has 0 aliphatic carbocycles. The van der Waals surface area contributed by atoms with E-state index in [1.807, 2.05) is 13.8 Å². The molecule has 2 heterocycles. The Bertz CT molecular complexity index is 1050. The standard InChI is InChI=1S/C21H21N5O4S/c1-3-26(4-2)20(28)14-6-8-15(9-7-14)24-17(27)12-30-21(29)16-13-31-19(25-16)18-22-10-5-11-23-18/h5-11,13H,3-4,12H2,1-2H3,(H,24,27). The topological polar surface area (TPSA) is 114 Å². The van der Waals surface area contributed by atoms with Crippen molar-refractivity contribution in [2.24, 2.45) is 0 Å². The van der Waals surface area contributed by atoms with Crippen molar-refractivity contribution >= 4 is 34.8 Å². The Balaban J connectivity index is 1.51. The third-order valence-corrected chi connectivity index (χ3v) is 5.11. The van der Waals surface area contributed by atoms with Crippen LogP contribution >= 0.6 is 11.3 Å². The fourth-order valence-corrected chi connectivity index (χ4v) is 3.41. The van der Waals surface area contributed by atoms with E-state index in [0.29, 0.717) is 35.2 Å². The maximum Gasteiger partial charge on any atom is 0.358 e. The van der Waals surface area contributed by atoms with E-state index in [0.717, 1.165) is 0 Å².